The van der Waals surface area contributed by atoms with Gasteiger partial charge in [0, 0.05) is 11.0 Å². The molecule has 0 amide bonds. The lowest BCUT2D eigenvalue weighted by Gasteiger charge is -2.34. The zero-order chi connectivity index (χ0) is 15.5. The van der Waals surface area contributed by atoms with Crippen LogP contribution in [-0.4, -0.2) is 28.1 Å². The topological polar surface area (TPSA) is 82.0 Å². The van der Waals surface area contributed by atoms with Gasteiger partial charge in [0.1, 0.15) is 0 Å². The molecule has 0 unspecified atom stereocenters. The zero-order valence-electron chi connectivity index (χ0n) is 11.8. The molecule has 1 fully saturated rings. The Kier molecular flexibility index (Phi) is 5.04. The van der Waals surface area contributed by atoms with Crippen LogP contribution in [-0.2, 0) is 10.0 Å². The molecule has 0 saturated carbocycles. The molecule has 0 spiro atoms. The predicted octanol–water partition coefficient (Wildman–Crippen LogP) is 1.99. The van der Waals surface area contributed by atoms with Crippen LogP contribution in [0.15, 0.2) is 27.6 Å². The summed E-state index contributed by atoms with van der Waals surface area (Å²) >= 11 is 3.23. The number of sulfonamides is 1. The van der Waals surface area contributed by atoms with E-state index < -0.39 is 10.0 Å². The monoisotopic (exact) mass is 371 g/mol. The Morgan fingerprint density at radius 3 is 2.67 bits per heavy atom. The number of hydrogen-bond donors (Lipinski definition) is 2. The summed E-state index contributed by atoms with van der Waals surface area (Å²) < 4.78 is 28.0. The lowest BCUT2D eigenvalue weighted by atomic mass is 9.81. The molecule has 0 aromatic heterocycles. The summed E-state index contributed by atoms with van der Waals surface area (Å²) in [5.41, 5.74) is 0.292. The molecule has 2 rings (SSSR count). The third-order valence-electron chi connectivity index (χ3n) is 3.81. The van der Waals surface area contributed by atoms with Gasteiger partial charge in [0.2, 0.25) is 10.0 Å². The van der Waals surface area contributed by atoms with E-state index in [1.165, 1.54) is 12.1 Å². The van der Waals surface area contributed by atoms with Crippen LogP contribution in [0, 0.1) is 16.7 Å². The molecule has 0 radical (unpaired) electrons. The number of hydrogen-bond acceptors (Lipinski definition) is 4. The highest BCUT2D eigenvalue weighted by atomic mass is 79.9. The average molecular weight is 372 g/mol. The summed E-state index contributed by atoms with van der Waals surface area (Å²) in [4.78, 5) is 0.117. The maximum Gasteiger partial charge on any atom is 0.240 e. The summed E-state index contributed by atoms with van der Waals surface area (Å²) in [7, 11) is -3.60. The fourth-order valence-corrected chi connectivity index (χ4v) is 4.26. The molecule has 0 aliphatic carbocycles. The minimum absolute atomic E-state index is 0.0254. The molecule has 7 heteroatoms. The van der Waals surface area contributed by atoms with Gasteiger partial charge < -0.3 is 5.32 Å². The Morgan fingerprint density at radius 1 is 1.38 bits per heavy atom. The van der Waals surface area contributed by atoms with E-state index in [2.05, 4.69) is 32.9 Å². The van der Waals surface area contributed by atoms with Gasteiger partial charge in [-0.25, -0.2) is 13.1 Å². The van der Waals surface area contributed by atoms with Crippen molar-refractivity contribution in [1.82, 2.24) is 10.0 Å². The third kappa shape index (κ3) is 4.27. The molecule has 0 bridgehead atoms. The summed E-state index contributed by atoms with van der Waals surface area (Å²) in [6, 6.07) is 6.45. The minimum atomic E-state index is -3.60. The minimum Gasteiger partial charge on any atom is -0.317 e. The van der Waals surface area contributed by atoms with Gasteiger partial charge in [0.05, 0.1) is 16.5 Å². The van der Waals surface area contributed by atoms with Crippen molar-refractivity contribution in [1.29, 1.82) is 5.26 Å². The number of nitrogens with one attached hydrogen (secondary N) is 2. The van der Waals surface area contributed by atoms with E-state index in [-0.39, 0.29) is 10.3 Å². The summed E-state index contributed by atoms with van der Waals surface area (Å²) in [5, 5.41) is 12.2. The first-order chi connectivity index (χ1) is 9.85. The molecule has 114 valence electrons. The maximum atomic E-state index is 12.4. The molecule has 1 aliphatic heterocycles. The summed E-state index contributed by atoms with van der Waals surface area (Å²) in [5.74, 6) is 0. The van der Waals surface area contributed by atoms with Crippen LogP contribution in [0.1, 0.15) is 25.3 Å². The van der Waals surface area contributed by atoms with Gasteiger partial charge >= 0.3 is 0 Å². The van der Waals surface area contributed by atoms with E-state index >= 15 is 0 Å². The third-order valence-corrected chi connectivity index (χ3v) is 5.65. The molecule has 2 N–H and O–H groups in total. The second-order valence-electron chi connectivity index (χ2n) is 5.67. The van der Waals surface area contributed by atoms with Crippen molar-refractivity contribution in [2.45, 2.75) is 24.7 Å². The largest absolute Gasteiger partial charge is 0.317 e. The van der Waals surface area contributed by atoms with Crippen LogP contribution < -0.4 is 10.0 Å². The van der Waals surface area contributed by atoms with Crippen LogP contribution in [0.5, 0.6) is 0 Å². The van der Waals surface area contributed by atoms with Gasteiger partial charge in [-0.15, -0.1) is 0 Å². The first-order valence-corrected chi connectivity index (χ1v) is 9.03. The zero-order valence-corrected chi connectivity index (χ0v) is 14.2. The van der Waals surface area contributed by atoms with E-state index in [0.717, 1.165) is 25.9 Å². The van der Waals surface area contributed by atoms with Gasteiger partial charge in [-0.3, -0.25) is 0 Å². The van der Waals surface area contributed by atoms with Crippen molar-refractivity contribution in [2.24, 2.45) is 5.41 Å². The standard InChI is InChI=1S/C14H18BrN3O2S/c1-14(2-4-17-5-3-14)10-18-21(19,20)13-7-11(9-16)6-12(15)8-13/h6-8,17-18H,2-5,10H2,1H3. The molecule has 1 aliphatic rings. The van der Waals surface area contributed by atoms with Gasteiger partial charge in [-0.1, -0.05) is 22.9 Å². The van der Waals surface area contributed by atoms with Crippen molar-refractivity contribution < 1.29 is 8.42 Å². The SMILES string of the molecule is CC1(CNS(=O)(=O)c2cc(Br)cc(C#N)c2)CCNCC1. The number of nitriles is 1. The van der Waals surface area contributed by atoms with Gasteiger partial charge in [-0.05, 0) is 49.5 Å². The van der Waals surface area contributed by atoms with E-state index in [4.69, 9.17) is 5.26 Å². The van der Waals surface area contributed by atoms with Crippen LogP contribution in [0.2, 0.25) is 0 Å². The van der Waals surface area contributed by atoms with Crippen molar-refractivity contribution in [3.8, 4) is 6.07 Å². The van der Waals surface area contributed by atoms with E-state index in [9.17, 15) is 8.42 Å². The van der Waals surface area contributed by atoms with E-state index in [1.54, 1.807) is 6.07 Å². The van der Waals surface area contributed by atoms with Crippen molar-refractivity contribution in [3.05, 3.63) is 28.2 Å². The highest BCUT2D eigenvalue weighted by molar-refractivity contribution is 9.10. The Hall–Kier alpha value is -0.940. The Morgan fingerprint density at radius 2 is 2.05 bits per heavy atom. The van der Waals surface area contributed by atoms with Crippen LogP contribution in [0.25, 0.3) is 0 Å². The lowest BCUT2D eigenvalue weighted by Crippen LogP contribution is -2.42. The summed E-state index contributed by atoms with van der Waals surface area (Å²) in [6.07, 6.45) is 1.88. The van der Waals surface area contributed by atoms with Crippen LogP contribution in [0.3, 0.4) is 0 Å². The maximum absolute atomic E-state index is 12.4. The molecule has 0 atom stereocenters. The molecular formula is C14H18BrN3O2S. The quantitative estimate of drug-likeness (QED) is 0.847. The molecule has 5 nitrogen and oxygen atoms in total. The van der Waals surface area contributed by atoms with E-state index in [1.807, 2.05) is 6.07 Å². The molecule has 1 aromatic carbocycles. The van der Waals surface area contributed by atoms with Gasteiger partial charge in [0.25, 0.3) is 0 Å². The Bertz CT molecular complexity index is 661. The molecule has 21 heavy (non-hydrogen) atoms. The van der Waals surface area contributed by atoms with Crippen molar-refractivity contribution in [3.63, 3.8) is 0 Å². The van der Waals surface area contributed by atoms with Crippen molar-refractivity contribution in [2.75, 3.05) is 19.6 Å². The van der Waals surface area contributed by atoms with Crippen molar-refractivity contribution >= 4 is 26.0 Å². The number of halogens is 1. The molecule has 1 saturated heterocycles. The fourth-order valence-electron chi connectivity index (χ4n) is 2.34. The van der Waals surface area contributed by atoms with Gasteiger partial charge in [-0.2, -0.15) is 5.26 Å². The number of rotatable bonds is 4. The number of nitrogens with zero attached hydrogens (tertiary/aromatic N) is 1. The van der Waals surface area contributed by atoms with E-state index in [0.29, 0.717) is 16.6 Å². The first-order valence-electron chi connectivity index (χ1n) is 6.76. The van der Waals surface area contributed by atoms with Crippen LogP contribution >= 0.6 is 15.9 Å². The second-order valence-corrected chi connectivity index (χ2v) is 8.36. The second kappa shape index (κ2) is 6.44. The Labute approximate surface area is 133 Å². The summed E-state index contributed by atoms with van der Waals surface area (Å²) in [6.45, 7) is 4.32. The lowest BCUT2D eigenvalue weighted by molar-refractivity contribution is 0.232. The highest BCUT2D eigenvalue weighted by Gasteiger charge is 2.28. The molecule has 1 aromatic rings. The number of piperidine rings is 1. The molecular weight excluding hydrogens is 354 g/mol. The van der Waals surface area contributed by atoms with Gasteiger partial charge in [0.15, 0.2) is 0 Å². The highest BCUT2D eigenvalue weighted by Crippen LogP contribution is 2.27. The Balaban J connectivity index is 2.15. The fraction of sp³-hybridized carbons (Fsp3) is 0.500. The first kappa shape index (κ1) is 16.4. The predicted molar refractivity (Wildman–Crippen MR) is 84.3 cm³/mol. The average Bonchev–Trinajstić information content (AvgIpc) is 2.45. The smallest absolute Gasteiger partial charge is 0.240 e. The normalized spacial score (nSPS) is 18.1. The van der Waals surface area contributed by atoms with Crippen LogP contribution in [0.4, 0.5) is 0 Å². The number of benzene rings is 1. The molecule has 1 heterocycles.